The van der Waals surface area contributed by atoms with Crippen LogP contribution in [0.5, 0.6) is 5.75 Å². The maximum absolute atomic E-state index is 12.3. The zero-order valence-electron chi connectivity index (χ0n) is 13.6. The van der Waals surface area contributed by atoms with Crippen LogP contribution in [0.15, 0.2) is 35.5 Å². The number of nitrogens with zero attached hydrogens (tertiary/aromatic N) is 2. The Balaban J connectivity index is 1.97. The molecule has 0 aliphatic rings. The summed E-state index contributed by atoms with van der Waals surface area (Å²) in [5, 5.41) is 3.54. The number of nitrogens with one attached hydrogen (secondary N) is 1. The number of thioether (sulfide) groups is 1. The van der Waals surface area contributed by atoms with Gasteiger partial charge in [-0.05, 0) is 36.8 Å². The van der Waals surface area contributed by atoms with Crippen LogP contribution in [0, 0.1) is 6.92 Å². The number of carbonyl (C=O) groups is 1. The molecule has 0 saturated carbocycles. The second kappa shape index (κ2) is 8.53. The predicted octanol–water partition coefficient (Wildman–Crippen LogP) is 2.88. The Morgan fingerprint density at radius 1 is 1.30 bits per heavy atom. The smallest absolute Gasteiger partial charge is 0.270 e. The molecule has 122 valence electrons. The molecule has 2 aromatic rings. The van der Waals surface area contributed by atoms with Crippen molar-refractivity contribution >= 4 is 17.7 Å². The molecule has 0 spiro atoms. The topological polar surface area (TPSA) is 64.1 Å². The largest absolute Gasteiger partial charge is 0.496 e. The molecule has 1 amide bonds. The molecule has 0 aliphatic carbocycles. The molecule has 23 heavy (non-hydrogen) atoms. The zero-order chi connectivity index (χ0) is 16.7. The van der Waals surface area contributed by atoms with Crippen molar-refractivity contribution in [3.63, 3.8) is 0 Å². The van der Waals surface area contributed by atoms with Crippen molar-refractivity contribution in [1.82, 2.24) is 15.3 Å². The van der Waals surface area contributed by atoms with Crippen molar-refractivity contribution in [1.29, 1.82) is 0 Å². The van der Waals surface area contributed by atoms with Gasteiger partial charge in [0.1, 0.15) is 11.4 Å². The fraction of sp³-hybridized carbons (Fsp3) is 0.353. The lowest BCUT2D eigenvalue weighted by Gasteiger charge is -2.09. The highest BCUT2D eigenvalue weighted by Crippen LogP contribution is 2.17. The molecular weight excluding hydrogens is 310 g/mol. The van der Waals surface area contributed by atoms with E-state index in [-0.39, 0.29) is 5.91 Å². The third kappa shape index (κ3) is 4.96. The van der Waals surface area contributed by atoms with Gasteiger partial charge >= 0.3 is 0 Å². The number of aromatic nitrogens is 2. The fourth-order valence-corrected chi connectivity index (χ4v) is 2.79. The van der Waals surface area contributed by atoms with Gasteiger partial charge in [-0.3, -0.25) is 4.79 Å². The predicted molar refractivity (Wildman–Crippen MR) is 92.2 cm³/mol. The highest BCUT2D eigenvalue weighted by Gasteiger charge is 2.11. The van der Waals surface area contributed by atoms with Crippen LogP contribution in [0.1, 0.15) is 28.7 Å². The number of rotatable bonds is 7. The van der Waals surface area contributed by atoms with Crippen molar-refractivity contribution in [2.75, 3.05) is 19.4 Å². The van der Waals surface area contributed by atoms with Crippen molar-refractivity contribution in [2.24, 2.45) is 0 Å². The molecule has 6 heteroatoms. The highest BCUT2D eigenvalue weighted by molar-refractivity contribution is 7.99. The quantitative estimate of drug-likeness (QED) is 0.624. The van der Waals surface area contributed by atoms with Gasteiger partial charge in [-0.1, -0.05) is 36.9 Å². The zero-order valence-corrected chi connectivity index (χ0v) is 14.4. The van der Waals surface area contributed by atoms with Gasteiger partial charge in [-0.2, -0.15) is 0 Å². The van der Waals surface area contributed by atoms with Crippen molar-refractivity contribution in [3.8, 4) is 5.75 Å². The van der Waals surface area contributed by atoms with E-state index in [0.29, 0.717) is 23.8 Å². The number of aryl methyl sites for hydroxylation is 1. The molecule has 0 saturated heterocycles. The number of benzene rings is 1. The molecule has 1 aromatic carbocycles. The van der Waals surface area contributed by atoms with Crippen molar-refractivity contribution in [3.05, 3.63) is 47.3 Å². The number of hydrogen-bond acceptors (Lipinski definition) is 5. The first-order chi connectivity index (χ1) is 11.1. The number of methoxy groups -OCH3 is 1. The van der Waals surface area contributed by atoms with Gasteiger partial charge in [0.25, 0.3) is 5.91 Å². The van der Waals surface area contributed by atoms with Crippen molar-refractivity contribution in [2.45, 2.75) is 25.4 Å². The molecule has 0 unspecified atom stereocenters. The van der Waals surface area contributed by atoms with Gasteiger partial charge < -0.3 is 10.1 Å². The van der Waals surface area contributed by atoms with E-state index >= 15 is 0 Å². The number of hydrogen-bond donors (Lipinski definition) is 1. The Morgan fingerprint density at radius 3 is 2.83 bits per heavy atom. The minimum absolute atomic E-state index is 0.177. The van der Waals surface area contributed by atoms with E-state index in [9.17, 15) is 4.79 Å². The molecule has 5 nitrogen and oxygen atoms in total. The Hall–Kier alpha value is -2.08. The molecule has 0 bridgehead atoms. The summed E-state index contributed by atoms with van der Waals surface area (Å²) in [7, 11) is 1.65. The van der Waals surface area contributed by atoms with Gasteiger partial charge in [0, 0.05) is 12.2 Å². The maximum atomic E-state index is 12.3. The van der Waals surface area contributed by atoms with Crippen LogP contribution in [-0.4, -0.2) is 35.3 Å². The molecule has 1 aromatic heterocycles. The summed E-state index contributed by atoms with van der Waals surface area (Å²) in [5.74, 6) is 1.53. The lowest BCUT2D eigenvalue weighted by atomic mass is 10.1. The molecule has 1 N–H and O–H groups in total. The van der Waals surface area contributed by atoms with Gasteiger partial charge in [0.05, 0.1) is 7.11 Å². The second-order valence-electron chi connectivity index (χ2n) is 4.93. The first-order valence-electron chi connectivity index (χ1n) is 7.52. The third-order valence-electron chi connectivity index (χ3n) is 3.21. The Kier molecular flexibility index (Phi) is 6.40. The van der Waals surface area contributed by atoms with Crippen LogP contribution < -0.4 is 10.1 Å². The van der Waals surface area contributed by atoms with Crippen LogP contribution in [0.4, 0.5) is 0 Å². The van der Waals surface area contributed by atoms with Crippen molar-refractivity contribution < 1.29 is 9.53 Å². The SMILES string of the molecule is CCSc1nc(C)cc(C(=O)NCCc2ccccc2OC)n1. The van der Waals surface area contributed by atoms with E-state index < -0.39 is 0 Å². The van der Waals surface area contributed by atoms with Gasteiger partial charge in [-0.15, -0.1) is 0 Å². The van der Waals surface area contributed by atoms with Crippen LogP contribution in [0.25, 0.3) is 0 Å². The molecular formula is C17H21N3O2S. The monoisotopic (exact) mass is 331 g/mol. The lowest BCUT2D eigenvalue weighted by Crippen LogP contribution is -2.27. The summed E-state index contributed by atoms with van der Waals surface area (Å²) in [4.78, 5) is 20.9. The first kappa shape index (κ1) is 17.3. The van der Waals surface area contributed by atoms with E-state index in [0.717, 1.165) is 22.8 Å². The summed E-state index contributed by atoms with van der Waals surface area (Å²) >= 11 is 1.53. The minimum atomic E-state index is -0.177. The van der Waals surface area contributed by atoms with Crippen LogP contribution in [0.2, 0.25) is 0 Å². The Bertz CT molecular complexity index is 677. The summed E-state index contributed by atoms with van der Waals surface area (Å²) < 4.78 is 5.31. The van der Waals surface area contributed by atoms with Gasteiger partial charge in [0.15, 0.2) is 5.16 Å². The molecule has 0 fully saturated rings. The number of amides is 1. The average Bonchev–Trinajstić information content (AvgIpc) is 2.55. The normalized spacial score (nSPS) is 10.4. The number of para-hydroxylation sites is 1. The van der Waals surface area contributed by atoms with E-state index in [1.54, 1.807) is 13.2 Å². The summed E-state index contributed by atoms with van der Waals surface area (Å²) in [6.07, 6.45) is 0.705. The molecule has 1 heterocycles. The van der Waals surface area contributed by atoms with Crippen LogP contribution in [0.3, 0.4) is 0 Å². The van der Waals surface area contributed by atoms with E-state index in [1.807, 2.05) is 38.1 Å². The average molecular weight is 331 g/mol. The minimum Gasteiger partial charge on any atom is -0.496 e. The molecule has 0 aliphatic heterocycles. The second-order valence-corrected chi connectivity index (χ2v) is 6.16. The standard InChI is InChI=1S/C17H21N3O2S/c1-4-23-17-19-12(2)11-14(20-17)16(21)18-10-9-13-7-5-6-8-15(13)22-3/h5-8,11H,4,9-10H2,1-3H3,(H,18,21). The number of ether oxygens (including phenoxy) is 1. The lowest BCUT2D eigenvalue weighted by molar-refractivity contribution is 0.0948. The maximum Gasteiger partial charge on any atom is 0.270 e. The molecule has 0 atom stereocenters. The molecule has 2 rings (SSSR count). The summed E-state index contributed by atoms with van der Waals surface area (Å²) in [6, 6.07) is 9.51. The summed E-state index contributed by atoms with van der Waals surface area (Å²) in [5.41, 5.74) is 2.27. The van der Waals surface area contributed by atoms with E-state index in [1.165, 1.54) is 11.8 Å². The molecule has 0 radical (unpaired) electrons. The Labute approximate surface area is 140 Å². The van der Waals surface area contributed by atoms with Gasteiger partial charge in [0.2, 0.25) is 0 Å². The fourth-order valence-electron chi connectivity index (χ4n) is 2.16. The van der Waals surface area contributed by atoms with Crippen LogP contribution in [-0.2, 0) is 6.42 Å². The van der Waals surface area contributed by atoms with E-state index in [4.69, 9.17) is 4.74 Å². The summed E-state index contributed by atoms with van der Waals surface area (Å²) in [6.45, 7) is 4.43. The van der Waals surface area contributed by atoms with Crippen LogP contribution >= 0.6 is 11.8 Å². The first-order valence-corrected chi connectivity index (χ1v) is 8.51. The van der Waals surface area contributed by atoms with E-state index in [2.05, 4.69) is 15.3 Å². The highest BCUT2D eigenvalue weighted by atomic mass is 32.2. The number of carbonyl (C=O) groups excluding carboxylic acids is 1. The third-order valence-corrected chi connectivity index (χ3v) is 3.94. The Morgan fingerprint density at radius 2 is 2.09 bits per heavy atom. The van der Waals surface area contributed by atoms with Gasteiger partial charge in [-0.25, -0.2) is 9.97 Å².